The van der Waals surface area contributed by atoms with E-state index in [1.807, 2.05) is 6.07 Å². The molecule has 19 heavy (non-hydrogen) atoms. The number of carbonyl (C=O) groups excluding carboxylic acids is 1. The first-order valence-electron chi connectivity index (χ1n) is 5.90. The van der Waals surface area contributed by atoms with Gasteiger partial charge in [-0.05, 0) is 35.9 Å². The third-order valence-electron chi connectivity index (χ3n) is 2.90. The van der Waals surface area contributed by atoms with E-state index in [9.17, 15) is 4.79 Å². The summed E-state index contributed by atoms with van der Waals surface area (Å²) in [6, 6.07) is 16.2. The topological polar surface area (TPSA) is 50.1 Å². The van der Waals surface area contributed by atoms with E-state index in [0.29, 0.717) is 16.9 Å². The van der Waals surface area contributed by atoms with E-state index >= 15 is 0 Å². The van der Waals surface area contributed by atoms with Crippen LogP contribution < -0.4 is 4.74 Å². The normalized spacial score (nSPS) is 9.68. The number of nitriles is 1. The lowest BCUT2D eigenvalue weighted by Gasteiger charge is -2.04. The molecule has 0 spiro atoms. The van der Waals surface area contributed by atoms with Crippen molar-refractivity contribution in [3.8, 4) is 11.8 Å². The Bertz CT molecular complexity index is 624. The number of hydrogen-bond acceptors (Lipinski definition) is 3. The van der Waals surface area contributed by atoms with Gasteiger partial charge in [0.2, 0.25) is 0 Å². The van der Waals surface area contributed by atoms with Gasteiger partial charge in [0.1, 0.15) is 5.75 Å². The third kappa shape index (κ3) is 2.99. The van der Waals surface area contributed by atoms with Crippen molar-refractivity contribution >= 4 is 5.78 Å². The Morgan fingerprint density at radius 1 is 1.16 bits per heavy atom. The first-order valence-corrected chi connectivity index (χ1v) is 5.90. The van der Waals surface area contributed by atoms with Crippen molar-refractivity contribution in [3.05, 3.63) is 65.2 Å². The minimum absolute atomic E-state index is 0.00893. The first-order chi connectivity index (χ1) is 9.24. The van der Waals surface area contributed by atoms with Crippen LogP contribution in [-0.4, -0.2) is 12.9 Å². The van der Waals surface area contributed by atoms with Crippen molar-refractivity contribution in [2.75, 3.05) is 7.11 Å². The maximum absolute atomic E-state index is 12.1. The Morgan fingerprint density at radius 3 is 2.47 bits per heavy atom. The van der Waals surface area contributed by atoms with Gasteiger partial charge in [-0.2, -0.15) is 5.26 Å². The minimum Gasteiger partial charge on any atom is -0.497 e. The molecule has 0 fully saturated rings. The van der Waals surface area contributed by atoms with E-state index in [2.05, 4.69) is 6.07 Å². The summed E-state index contributed by atoms with van der Waals surface area (Å²) in [6.45, 7) is 0. The van der Waals surface area contributed by atoms with Crippen molar-refractivity contribution in [2.24, 2.45) is 0 Å². The predicted molar refractivity (Wildman–Crippen MR) is 72.2 cm³/mol. The Kier molecular flexibility index (Phi) is 3.94. The second kappa shape index (κ2) is 5.83. The van der Waals surface area contributed by atoms with Gasteiger partial charge < -0.3 is 4.74 Å². The molecular formula is C16H13NO2. The van der Waals surface area contributed by atoms with Gasteiger partial charge in [0, 0.05) is 12.0 Å². The van der Waals surface area contributed by atoms with Crippen LogP contribution in [-0.2, 0) is 6.42 Å². The van der Waals surface area contributed by atoms with Crippen LogP contribution in [0.4, 0.5) is 0 Å². The van der Waals surface area contributed by atoms with Gasteiger partial charge in [0.25, 0.3) is 0 Å². The van der Waals surface area contributed by atoms with Crippen molar-refractivity contribution in [1.82, 2.24) is 0 Å². The van der Waals surface area contributed by atoms with Crippen LogP contribution in [0.5, 0.6) is 5.75 Å². The van der Waals surface area contributed by atoms with Crippen molar-refractivity contribution in [2.45, 2.75) is 6.42 Å². The molecule has 3 heteroatoms. The molecule has 0 aliphatic carbocycles. The van der Waals surface area contributed by atoms with Crippen LogP contribution in [0.1, 0.15) is 21.5 Å². The lowest BCUT2D eigenvalue weighted by molar-refractivity contribution is 0.0993. The quantitative estimate of drug-likeness (QED) is 0.785. The van der Waals surface area contributed by atoms with Gasteiger partial charge in [0.05, 0.1) is 18.7 Å². The number of hydrogen-bond donors (Lipinski definition) is 0. The molecule has 94 valence electrons. The molecule has 0 bridgehead atoms. The van der Waals surface area contributed by atoms with Gasteiger partial charge in [-0.1, -0.05) is 18.2 Å². The summed E-state index contributed by atoms with van der Waals surface area (Å²) in [4.78, 5) is 12.1. The van der Waals surface area contributed by atoms with Gasteiger partial charge in [-0.25, -0.2) is 0 Å². The van der Waals surface area contributed by atoms with Crippen molar-refractivity contribution < 1.29 is 9.53 Å². The smallest absolute Gasteiger partial charge is 0.167 e. The summed E-state index contributed by atoms with van der Waals surface area (Å²) in [5.41, 5.74) is 1.92. The molecule has 2 aromatic rings. The van der Waals surface area contributed by atoms with E-state index in [-0.39, 0.29) is 12.2 Å². The number of methoxy groups -OCH3 is 1. The molecule has 0 radical (unpaired) electrons. The average Bonchev–Trinajstić information content (AvgIpc) is 2.48. The summed E-state index contributed by atoms with van der Waals surface area (Å²) in [5.74, 6) is 0.708. The van der Waals surface area contributed by atoms with Crippen LogP contribution in [0.15, 0.2) is 48.5 Å². The highest BCUT2D eigenvalue weighted by Crippen LogP contribution is 2.15. The van der Waals surface area contributed by atoms with Crippen molar-refractivity contribution in [1.29, 1.82) is 5.26 Å². The molecule has 3 nitrogen and oxygen atoms in total. The highest BCUT2D eigenvalue weighted by atomic mass is 16.5. The highest BCUT2D eigenvalue weighted by molar-refractivity contribution is 5.97. The third-order valence-corrected chi connectivity index (χ3v) is 2.90. The van der Waals surface area contributed by atoms with Gasteiger partial charge in [-0.3, -0.25) is 4.79 Å². The molecule has 0 aromatic heterocycles. The van der Waals surface area contributed by atoms with E-state index in [0.717, 1.165) is 5.56 Å². The summed E-state index contributed by atoms with van der Waals surface area (Å²) in [7, 11) is 1.58. The standard InChI is InChI=1S/C16H13NO2/c1-19-15-8-6-12(7-9-15)16(18)10-13-4-2-3-5-14(13)11-17/h2-9H,10H2,1H3. The second-order valence-corrected chi connectivity index (χ2v) is 4.10. The average molecular weight is 251 g/mol. The zero-order chi connectivity index (χ0) is 13.7. The maximum atomic E-state index is 12.1. The molecule has 0 aliphatic rings. The largest absolute Gasteiger partial charge is 0.497 e. The van der Waals surface area contributed by atoms with Gasteiger partial charge in [-0.15, -0.1) is 0 Å². The monoisotopic (exact) mass is 251 g/mol. The fourth-order valence-corrected chi connectivity index (χ4v) is 1.84. The minimum atomic E-state index is -0.00893. The van der Waals surface area contributed by atoms with Gasteiger partial charge in [0.15, 0.2) is 5.78 Å². The number of benzene rings is 2. The number of Topliss-reactive ketones (excluding diaryl/α,β-unsaturated/α-hetero) is 1. The van der Waals surface area contributed by atoms with Crippen LogP contribution in [0.3, 0.4) is 0 Å². The molecule has 2 rings (SSSR count). The first kappa shape index (κ1) is 12.8. The Hall–Kier alpha value is -2.60. The molecule has 0 N–H and O–H groups in total. The van der Waals surface area contributed by atoms with E-state index in [1.54, 1.807) is 49.6 Å². The predicted octanol–water partition coefficient (Wildman–Crippen LogP) is 2.99. The summed E-state index contributed by atoms with van der Waals surface area (Å²) in [5, 5.41) is 8.99. The molecular weight excluding hydrogens is 238 g/mol. The number of rotatable bonds is 4. The molecule has 0 saturated carbocycles. The van der Waals surface area contributed by atoms with Crippen molar-refractivity contribution in [3.63, 3.8) is 0 Å². The van der Waals surface area contributed by atoms with Crippen LogP contribution in [0, 0.1) is 11.3 Å². The van der Waals surface area contributed by atoms with E-state index < -0.39 is 0 Å². The lowest BCUT2D eigenvalue weighted by Crippen LogP contribution is -2.04. The molecule has 0 amide bonds. The number of carbonyl (C=O) groups is 1. The van der Waals surface area contributed by atoms with Crippen LogP contribution >= 0.6 is 0 Å². The van der Waals surface area contributed by atoms with E-state index in [4.69, 9.17) is 10.00 Å². The zero-order valence-electron chi connectivity index (χ0n) is 10.6. The Labute approximate surface area is 112 Å². The fraction of sp³-hybridized carbons (Fsp3) is 0.125. The van der Waals surface area contributed by atoms with E-state index in [1.165, 1.54) is 0 Å². The Morgan fingerprint density at radius 2 is 1.84 bits per heavy atom. The van der Waals surface area contributed by atoms with Crippen LogP contribution in [0.25, 0.3) is 0 Å². The number of ketones is 1. The summed E-state index contributed by atoms with van der Waals surface area (Å²) >= 11 is 0. The molecule has 2 aromatic carbocycles. The zero-order valence-corrected chi connectivity index (χ0v) is 10.6. The fourth-order valence-electron chi connectivity index (χ4n) is 1.84. The summed E-state index contributed by atoms with van der Waals surface area (Å²) < 4.78 is 5.05. The maximum Gasteiger partial charge on any atom is 0.167 e. The number of ether oxygens (including phenoxy) is 1. The van der Waals surface area contributed by atoms with Gasteiger partial charge >= 0.3 is 0 Å². The highest BCUT2D eigenvalue weighted by Gasteiger charge is 2.10. The summed E-state index contributed by atoms with van der Waals surface area (Å²) in [6.07, 6.45) is 0.232. The molecule has 0 saturated heterocycles. The number of nitrogens with zero attached hydrogens (tertiary/aromatic N) is 1. The molecule has 0 unspecified atom stereocenters. The molecule has 0 atom stereocenters. The van der Waals surface area contributed by atoms with Crippen LogP contribution in [0.2, 0.25) is 0 Å². The lowest BCUT2D eigenvalue weighted by atomic mass is 9.99. The molecule has 0 aliphatic heterocycles. The SMILES string of the molecule is COc1ccc(C(=O)Cc2ccccc2C#N)cc1. The molecule has 0 heterocycles. The Balaban J connectivity index is 2.18. The second-order valence-electron chi connectivity index (χ2n) is 4.10.